The smallest absolute Gasteiger partial charge is 0.245 e. The number of nitrogens with one attached hydrogen (secondary N) is 6. The molecule has 15 N–H and O–H groups in total. The Labute approximate surface area is 331 Å². The Morgan fingerprint density at radius 2 is 1.13 bits per heavy atom. The first-order valence-corrected chi connectivity index (χ1v) is 19.6. The van der Waals surface area contributed by atoms with E-state index >= 15 is 0 Å². The molecular formula is C33H60N10O10S2. The number of unbranched alkanes of at least 4 members (excludes halogenated alkanes) is 1. The first-order valence-electron chi connectivity index (χ1n) is 17.9. The molecule has 22 heteroatoms. The van der Waals surface area contributed by atoms with Crippen LogP contribution in [0.15, 0.2) is 0 Å². The van der Waals surface area contributed by atoms with Crippen molar-refractivity contribution >= 4 is 76.8 Å². The molecule has 0 saturated heterocycles. The van der Waals surface area contributed by atoms with Gasteiger partial charge in [0.2, 0.25) is 52.4 Å². The molecule has 0 aliphatic carbocycles. The average Bonchev–Trinajstić information content (AvgIpc) is 3.09. The van der Waals surface area contributed by atoms with Crippen molar-refractivity contribution in [1.82, 2.24) is 31.9 Å². The van der Waals surface area contributed by atoms with Crippen molar-refractivity contribution in [3.05, 3.63) is 0 Å². The van der Waals surface area contributed by atoms with Crippen molar-refractivity contribution in [1.29, 1.82) is 0 Å². The fourth-order valence-corrected chi connectivity index (χ4v) is 5.69. The molecule has 0 radical (unpaired) electrons. The second-order valence-electron chi connectivity index (χ2n) is 13.6. The molecule has 0 aliphatic rings. The van der Waals surface area contributed by atoms with Gasteiger partial charge >= 0.3 is 0 Å². The molecule has 0 saturated carbocycles. The highest BCUT2D eigenvalue weighted by molar-refractivity contribution is 8.13. The molecule has 0 heterocycles. The minimum Gasteiger partial charge on any atom is -0.394 e. The molecule has 0 unspecified atom stereocenters. The number of hydrogen-bond acceptors (Lipinski definition) is 14. The Kier molecular flexibility index (Phi) is 25.6. The Bertz CT molecular complexity index is 1320. The number of aliphatic hydroxyl groups excluding tert-OH is 1. The van der Waals surface area contributed by atoms with Gasteiger partial charge in [-0.1, -0.05) is 39.5 Å². The van der Waals surface area contributed by atoms with Crippen LogP contribution in [0.3, 0.4) is 0 Å². The molecule has 314 valence electrons. The lowest BCUT2D eigenvalue weighted by atomic mass is 10.00. The zero-order valence-corrected chi connectivity index (χ0v) is 33.6. The highest BCUT2D eigenvalue weighted by Gasteiger charge is 2.33. The van der Waals surface area contributed by atoms with Gasteiger partial charge in [-0.2, -0.15) is 12.6 Å². The van der Waals surface area contributed by atoms with Crippen molar-refractivity contribution < 1.29 is 48.3 Å². The predicted molar refractivity (Wildman–Crippen MR) is 208 cm³/mol. The number of thiol groups is 1. The lowest BCUT2D eigenvalue weighted by molar-refractivity contribution is -0.136. The Morgan fingerprint density at radius 3 is 1.58 bits per heavy atom. The number of nitrogens with two attached hydrogens (primary N) is 4. The van der Waals surface area contributed by atoms with Crippen LogP contribution in [0, 0.1) is 11.8 Å². The second kappa shape index (κ2) is 27.6. The molecule has 55 heavy (non-hydrogen) atoms. The third-order valence-electron chi connectivity index (χ3n) is 7.67. The Morgan fingerprint density at radius 1 is 0.655 bits per heavy atom. The van der Waals surface area contributed by atoms with Gasteiger partial charge in [-0.3, -0.25) is 43.2 Å². The molecule has 0 aromatic carbocycles. The van der Waals surface area contributed by atoms with Gasteiger partial charge in [0.1, 0.15) is 30.2 Å². The monoisotopic (exact) mass is 820 g/mol. The summed E-state index contributed by atoms with van der Waals surface area (Å²) in [6, 6.07) is -7.70. The van der Waals surface area contributed by atoms with E-state index in [0.717, 1.165) is 11.8 Å². The molecule has 0 fully saturated rings. The van der Waals surface area contributed by atoms with E-state index in [2.05, 4.69) is 44.5 Å². The van der Waals surface area contributed by atoms with Gasteiger partial charge in [-0.25, -0.2) is 0 Å². The molecule has 20 nitrogen and oxygen atoms in total. The average molecular weight is 821 g/mol. The number of hydrogen-bond donors (Lipinski definition) is 12. The van der Waals surface area contributed by atoms with Crippen LogP contribution in [-0.2, 0) is 43.2 Å². The van der Waals surface area contributed by atoms with E-state index in [-0.39, 0.29) is 49.0 Å². The van der Waals surface area contributed by atoms with E-state index in [1.165, 1.54) is 0 Å². The van der Waals surface area contributed by atoms with Crippen molar-refractivity contribution in [3.8, 4) is 0 Å². The minimum atomic E-state index is -1.51. The van der Waals surface area contributed by atoms with Crippen molar-refractivity contribution in [2.75, 3.05) is 31.2 Å². The summed E-state index contributed by atoms with van der Waals surface area (Å²) in [4.78, 5) is 114. The zero-order valence-electron chi connectivity index (χ0n) is 31.9. The zero-order chi connectivity index (χ0) is 42.2. The quantitative estimate of drug-likeness (QED) is 0.0265. The molecule has 6 atom stereocenters. The highest BCUT2D eigenvalue weighted by atomic mass is 32.2. The topological polar surface area (TPSA) is 350 Å². The van der Waals surface area contributed by atoms with Gasteiger partial charge < -0.3 is 59.9 Å². The summed E-state index contributed by atoms with van der Waals surface area (Å²) in [6.45, 7) is 6.14. The number of carbonyl (C=O) groups is 9. The van der Waals surface area contributed by atoms with Crippen molar-refractivity contribution in [2.45, 2.75) is 109 Å². The van der Waals surface area contributed by atoms with Crippen molar-refractivity contribution in [2.24, 2.45) is 34.8 Å². The molecule has 0 aromatic rings. The maximum absolute atomic E-state index is 13.8. The number of thioether (sulfide) groups is 1. The number of aliphatic hydroxyl groups is 1. The number of primary amides is 2. The third-order valence-corrected chi connectivity index (χ3v) is 8.93. The molecule has 0 aromatic heterocycles. The molecule has 8 amide bonds. The van der Waals surface area contributed by atoms with E-state index in [1.807, 2.05) is 0 Å². The maximum atomic E-state index is 13.8. The largest absolute Gasteiger partial charge is 0.394 e. The van der Waals surface area contributed by atoms with Gasteiger partial charge in [0.15, 0.2) is 0 Å². The lowest BCUT2D eigenvalue weighted by Gasteiger charge is -2.28. The maximum Gasteiger partial charge on any atom is 0.245 e. The van der Waals surface area contributed by atoms with E-state index in [0.29, 0.717) is 19.4 Å². The van der Waals surface area contributed by atoms with Crippen LogP contribution in [0.1, 0.15) is 72.6 Å². The molecule has 0 aliphatic heterocycles. The van der Waals surface area contributed by atoms with Crippen LogP contribution in [0.4, 0.5) is 0 Å². The van der Waals surface area contributed by atoms with Gasteiger partial charge in [-0.15, -0.1) is 0 Å². The first kappa shape index (κ1) is 51.0. The third kappa shape index (κ3) is 22.2. The summed E-state index contributed by atoms with van der Waals surface area (Å²) in [5, 5.41) is 24.1. The standard InChI is InChI=1S/C33H60N10O10S2/c1-17(2)11-21(41-33(53)24(15-44)43-28(48)19(35)16-54)31(51)39-20(7-5-6-9-34)30(50)40-22(12-18(3)4)32(52)42-23(13-26(37)46)29(49)38-14-27(47)55-10-8-25(36)45/h17-24,44,54H,5-16,34-35H2,1-4H3,(H2,36,45)(H2,37,46)(H,38,49)(H,39,51)(H,40,50)(H,41,53)(H,42,52)(H,43,48)/t19-,20-,21-,22-,23-,24-/m0/s1. The van der Waals surface area contributed by atoms with Crippen LogP contribution in [0.2, 0.25) is 0 Å². The van der Waals surface area contributed by atoms with Crippen LogP contribution in [0.25, 0.3) is 0 Å². The number of rotatable bonds is 28. The fourth-order valence-electron chi connectivity index (χ4n) is 4.82. The van der Waals surface area contributed by atoms with Gasteiger partial charge in [0.05, 0.1) is 25.6 Å². The number of carbonyl (C=O) groups excluding carboxylic acids is 9. The highest BCUT2D eigenvalue weighted by Crippen LogP contribution is 2.11. The van der Waals surface area contributed by atoms with E-state index in [4.69, 9.17) is 22.9 Å². The molecule has 0 bridgehead atoms. The summed E-state index contributed by atoms with van der Waals surface area (Å²) in [7, 11) is 0. The summed E-state index contributed by atoms with van der Waals surface area (Å²) in [6.07, 6.45) is 0.453. The Hall–Kier alpha value is -3.99. The molecule has 0 rings (SSSR count). The van der Waals surface area contributed by atoms with Crippen LogP contribution < -0.4 is 54.8 Å². The molecular weight excluding hydrogens is 761 g/mol. The normalized spacial score (nSPS) is 14.4. The van der Waals surface area contributed by atoms with Crippen LogP contribution in [0.5, 0.6) is 0 Å². The fraction of sp³-hybridized carbons (Fsp3) is 0.727. The second-order valence-corrected chi connectivity index (χ2v) is 15.2. The van der Waals surface area contributed by atoms with E-state index in [9.17, 15) is 48.3 Å². The molecule has 0 spiro atoms. The van der Waals surface area contributed by atoms with E-state index < -0.39 is 108 Å². The summed E-state index contributed by atoms with van der Waals surface area (Å²) in [5.74, 6) is -6.66. The summed E-state index contributed by atoms with van der Waals surface area (Å²) in [5.41, 5.74) is 21.7. The predicted octanol–water partition coefficient (Wildman–Crippen LogP) is -3.99. The number of amides is 8. The van der Waals surface area contributed by atoms with E-state index in [1.54, 1.807) is 27.7 Å². The SMILES string of the molecule is CC(C)C[C@H](NC(=O)[C@H](CCCCN)NC(=O)[C@H](CC(C)C)NC(=O)[C@H](CO)NC(=O)[C@@H](N)CS)C(=O)N[C@@H](CC(N)=O)C(=O)NCC(=O)SCCC(N)=O. The minimum absolute atomic E-state index is 0.0240. The first-order chi connectivity index (χ1) is 25.7. The van der Waals surface area contributed by atoms with Gasteiger partial charge in [-0.05, 0) is 50.5 Å². The van der Waals surface area contributed by atoms with Crippen LogP contribution in [-0.4, -0.2) is 125 Å². The summed E-state index contributed by atoms with van der Waals surface area (Å²) >= 11 is 4.71. The van der Waals surface area contributed by atoms with Gasteiger partial charge in [0.25, 0.3) is 0 Å². The van der Waals surface area contributed by atoms with Crippen molar-refractivity contribution in [3.63, 3.8) is 0 Å². The Balaban J connectivity index is 6.11. The van der Waals surface area contributed by atoms with Gasteiger partial charge in [0, 0.05) is 17.9 Å². The summed E-state index contributed by atoms with van der Waals surface area (Å²) < 4.78 is 0. The van der Waals surface area contributed by atoms with Crippen LogP contribution >= 0.6 is 24.4 Å². The lowest BCUT2D eigenvalue weighted by Crippen LogP contribution is -2.60.